The van der Waals surface area contributed by atoms with Crippen LogP contribution in [0.3, 0.4) is 0 Å². The van der Waals surface area contributed by atoms with Crippen LogP contribution in [0.5, 0.6) is 0 Å². The molecule has 0 aromatic carbocycles. The summed E-state index contributed by atoms with van der Waals surface area (Å²) in [5.74, 6) is 0. The summed E-state index contributed by atoms with van der Waals surface area (Å²) in [6.45, 7) is 2.06. The first-order valence-corrected chi connectivity index (χ1v) is 6.70. The molecule has 0 aliphatic heterocycles. The maximum Gasteiger partial charge on any atom is 0.231 e. The fraction of sp³-hybridized carbons (Fsp3) is 0.571. The standard InChI is InChI=1S/C7H12N2O2S2/c1-3-4-6-5-12-7(8-6)9-13(2,10)11/h5H,3-4H2,1-2H3,(H,8,9). The molecule has 1 heterocycles. The lowest BCUT2D eigenvalue weighted by Gasteiger charge is -1.96. The van der Waals surface area contributed by atoms with Gasteiger partial charge in [0, 0.05) is 5.38 Å². The van der Waals surface area contributed by atoms with Crippen molar-refractivity contribution in [3.8, 4) is 0 Å². The fourth-order valence-electron chi connectivity index (χ4n) is 0.883. The fourth-order valence-corrected chi connectivity index (χ4v) is 2.48. The van der Waals surface area contributed by atoms with Gasteiger partial charge in [0.1, 0.15) is 0 Å². The topological polar surface area (TPSA) is 59.1 Å². The normalized spacial score (nSPS) is 11.5. The van der Waals surface area contributed by atoms with Gasteiger partial charge in [-0.25, -0.2) is 13.4 Å². The molecule has 0 radical (unpaired) electrons. The number of hydrogen-bond donors (Lipinski definition) is 1. The van der Waals surface area contributed by atoms with Crippen molar-refractivity contribution in [2.75, 3.05) is 11.0 Å². The van der Waals surface area contributed by atoms with Crippen LogP contribution in [0.4, 0.5) is 5.13 Å². The third-order valence-electron chi connectivity index (χ3n) is 1.33. The molecule has 0 atom stereocenters. The number of aromatic nitrogens is 1. The Kier molecular flexibility index (Phi) is 3.27. The molecule has 13 heavy (non-hydrogen) atoms. The minimum absolute atomic E-state index is 0.450. The summed E-state index contributed by atoms with van der Waals surface area (Å²) in [6.07, 6.45) is 3.03. The lowest BCUT2D eigenvalue weighted by Crippen LogP contribution is -2.09. The van der Waals surface area contributed by atoms with Crippen LogP contribution in [0, 0.1) is 0 Å². The average molecular weight is 220 g/mol. The van der Waals surface area contributed by atoms with Crippen LogP contribution in [-0.2, 0) is 16.4 Å². The van der Waals surface area contributed by atoms with Crippen LogP contribution in [0.2, 0.25) is 0 Å². The second-order valence-corrected chi connectivity index (χ2v) is 5.37. The molecule has 1 N–H and O–H groups in total. The maximum absolute atomic E-state index is 10.8. The van der Waals surface area contributed by atoms with E-state index in [0.29, 0.717) is 5.13 Å². The number of hydrogen-bond acceptors (Lipinski definition) is 4. The van der Waals surface area contributed by atoms with Crippen molar-refractivity contribution in [3.63, 3.8) is 0 Å². The van der Waals surface area contributed by atoms with Crippen molar-refractivity contribution in [2.24, 2.45) is 0 Å². The van der Waals surface area contributed by atoms with Gasteiger partial charge in [-0.1, -0.05) is 13.3 Å². The third kappa shape index (κ3) is 3.73. The Morgan fingerprint density at radius 1 is 1.62 bits per heavy atom. The molecule has 1 rings (SSSR count). The lowest BCUT2D eigenvalue weighted by atomic mass is 10.3. The molecule has 0 aliphatic rings. The number of rotatable bonds is 4. The summed E-state index contributed by atoms with van der Waals surface area (Å²) in [7, 11) is -3.18. The van der Waals surface area contributed by atoms with Crippen LogP contribution >= 0.6 is 11.3 Å². The van der Waals surface area contributed by atoms with Crippen molar-refractivity contribution in [1.29, 1.82) is 0 Å². The first-order chi connectivity index (χ1) is 6.01. The molecular weight excluding hydrogens is 208 g/mol. The van der Waals surface area contributed by atoms with E-state index in [1.165, 1.54) is 11.3 Å². The Morgan fingerprint density at radius 2 is 2.31 bits per heavy atom. The summed E-state index contributed by atoms with van der Waals surface area (Å²) in [4.78, 5) is 4.11. The lowest BCUT2D eigenvalue weighted by molar-refractivity contribution is 0.607. The van der Waals surface area contributed by atoms with Gasteiger partial charge in [0.05, 0.1) is 11.9 Å². The molecule has 6 heteroatoms. The zero-order valence-electron chi connectivity index (χ0n) is 7.57. The van der Waals surface area contributed by atoms with Gasteiger partial charge in [-0.3, -0.25) is 4.72 Å². The van der Waals surface area contributed by atoms with Crippen molar-refractivity contribution in [3.05, 3.63) is 11.1 Å². The van der Waals surface area contributed by atoms with Crippen LogP contribution in [0.15, 0.2) is 5.38 Å². The number of nitrogens with one attached hydrogen (secondary N) is 1. The van der Waals surface area contributed by atoms with Crippen LogP contribution in [-0.4, -0.2) is 19.7 Å². The van der Waals surface area contributed by atoms with E-state index in [2.05, 4.69) is 16.6 Å². The van der Waals surface area contributed by atoms with Crippen LogP contribution in [0.25, 0.3) is 0 Å². The molecule has 0 unspecified atom stereocenters. The predicted molar refractivity (Wildman–Crippen MR) is 54.6 cm³/mol. The van der Waals surface area contributed by atoms with E-state index in [0.717, 1.165) is 24.8 Å². The Hall–Kier alpha value is -0.620. The molecule has 0 aliphatic carbocycles. The predicted octanol–water partition coefficient (Wildman–Crippen LogP) is 1.47. The van der Waals surface area contributed by atoms with Crippen LogP contribution < -0.4 is 4.72 Å². The highest BCUT2D eigenvalue weighted by Crippen LogP contribution is 2.17. The van der Waals surface area contributed by atoms with Gasteiger partial charge >= 0.3 is 0 Å². The van der Waals surface area contributed by atoms with Crippen molar-refractivity contribution in [2.45, 2.75) is 19.8 Å². The number of nitrogens with zero attached hydrogens (tertiary/aromatic N) is 1. The molecule has 0 saturated heterocycles. The highest BCUT2D eigenvalue weighted by molar-refractivity contribution is 7.92. The van der Waals surface area contributed by atoms with E-state index >= 15 is 0 Å². The smallest absolute Gasteiger partial charge is 0.231 e. The average Bonchev–Trinajstić information content (AvgIpc) is 2.33. The number of aryl methyl sites for hydroxylation is 1. The number of sulfonamides is 1. The zero-order chi connectivity index (χ0) is 9.90. The number of anilines is 1. The van der Waals surface area contributed by atoms with Gasteiger partial charge < -0.3 is 0 Å². The first-order valence-electron chi connectivity index (χ1n) is 3.93. The Balaban J connectivity index is 2.69. The van der Waals surface area contributed by atoms with E-state index in [1.807, 2.05) is 5.38 Å². The third-order valence-corrected chi connectivity index (χ3v) is 2.83. The van der Waals surface area contributed by atoms with Gasteiger partial charge in [0.2, 0.25) is 10.0 Å². The molecule has 0 fully saturated rings. The van der Waals surface area contributed by atoms with Crippen molar-refractivity contribution < 1.29 is 8.42 Å². The Morgan fingerprint density at radius 3 is 2.85 bits per heavy atom. The molecule has 0 spiro atoms. The minimum Gasteiger partial charge on any atom is -0.259 e. The quantitative estimate of drug-likeness (QED) is 0.836. The van der Waals surface area contributed by atoms with E-state index in [1.54, 1.807) is 0 Å². The van der Waals surface area contributed by atoms with Gasteiger partial charge in [-0.2, -0.15) is 0 Å². The molecule has 4 nitrogen and oxygen atoms in total. The van der Waals surface area contributed by atoms with Gasteiger partial charge in [0.25, 0.3) is 0 Å². The molecule has 0 amide bonds. The molecule has 74 valence electrons. The maximum atomic E-state index is 10.8. The summed E-state index contributed by atoms with van der Waals surface area (Å²) in [6, 6.07) is 0. The first kappa shape index (κ1) is 10.5. The van der Waals surface area contributed by atoms with Crippen molar-refractivity contribution in [1.82, 2.24) is 4.98 Å². The SMILES string of the molecule is CCCc1csc(NS(C)(=O)=O)n1. The van der Waals surface area contributed by atoms with E-state index in [9.17, 15) is 8.42 Å². The Bertz CT molecular complexity index is 370. The molecule has 0 saturated carbocycles. The second-order valence-electron chi connectivity index (χ2n) is 2.77. The summed E-state index contributed by atoms with van der Waals surface area (Å²) in [5.41, 5.74) is 0.943. The molecular formula is C7H12N2O2S2. The largest absolute Gasteiger partial charge is 0.259 e. The highest BCUT2D eigenvalue weighted by atomic mass is 32.2. The minimum atomic E-state index is -3.18. The summed E-state index contributed by atoms with van der Waals surface area (Å²) < 4.78 is 24.0. The summed E-state index contributed by atoms with van der Waals surface area (Å²) in [5, 5.41) is 2.32. The zero-order valence-corrected chi connectivity index (χ0v) is 9.20. The van der Waals surface area contributed by atoms with E-state index in [4.69, 9.17) is 0 Å². The van der Waals surface area contributed by atoms with Gasteiger partial charge in [0.15, 0.2) is 5.13 Å². The summed E-state index contributed by atoms with van der Waals surface area (Å²) >= 11 is 1.31. The Labute approximate surface area is 82.1 Å². The number of thiazole rings is 1. The van der Waals surface area contributed by atoms with Gasteiger partial charge in [-0.05, 0) is 6.42 Å². The van der Waals surface area contributed by atoms with Crippen LogP contribution in [0.1, 0.15) is 19.0 Å². The molecule has 1 aromatic heterocycles. The second kappa shape index (κ2) is 4.06. The van der Waals surface area contributed by atoms with E-state index in [-0.39, 0.29) is 0 Å². The van der Waals surface area contributed by atoms with Gasteiger partial charge in [-0.15, -0.1) is 11.3 Å². The highest BCUT2D eigenvalue weighted by Gasteiger charge is 2.05. The monoisotopic (exact) mass is 220 g/mol. The van der Waals surface area contributed by atoms with E-state index < -0.39 is 10.0 Å². The molecule has 0 bridgehead atoms. The molecule has 1 aromatic rings. The van der Waals surface area contributed by atoms with Crippen molar-refractivity contribution >= 4 is 26.5 Å².